The minimum atomic E-state index is 0.660. The molecule has 0 heterocycles. The molecule has 0 aromatic heterocycles. The molecule has 1 radical (unpaired) electrons. The van der Waals surface area contributed by atoms with Gasteiger partial charge in [-0.05, 0) is 12.8 Å². The molecule has 0 saturated heterocycles. The fourth-order valence-corrected chi connectivity index (χ4v) is 0.560. The molecule has 0 aliphatic rings. The molecule has 3 heteroatoms. The lowest BCUT2D eigenvalue weighted by molar-refractivity contribution is 0.133. The molecule has 3 nitrogen and oxygen atoms in total. The Morgan fingerprint density at radius 2 is 2.30 bits per heavy atom. The van der Waals surface area contributed by atoms with Gasteiger partial charge in [0.15, 0.2) is 0 Å². The van der Waals surface area contributed by atoms with E-state index in [0.717, 1.165) is 26.1 Å². The SMILES string of the molecule is CCCOCCCN[C]=O. The summed E-state index contributed by atoms with van der Waals surface area (Å²) in [4.78, 5) is 9.62. The zero-order valence-corrected chi connectivity index (χ0v) is 6.35. The summed E-state index contributed by atoms with van der Waals surface area (Å²) in [7, 11) is 0. The molecule has 1 amide bonds. The highest BCUT2D eigenvalue weighted by Gasteiger charge is 1.85. The summed E-state index contributed by atoms with van der Waals surface area (Å²) in [5.74, 6) is 0. The maximum atomic E-state index is 9.62. The standard InChI is InChI=1S/C7H14NO2/c1-2-5-10-6-3-4-8-7-9/h2-6H2,1H3,(H,8,9). The summed E-state index contributed by atoms with van der Waals surface area (Å²) in [5.41, 5.74) is 0. The normalized spacial score (nSPS) is 9.30. The molecule has 0 spiro atoms. The van der Waals surface area contributed by atoms with E-state index in [4.69, 9.17) is 4.74 Å². The lowest BCUT2D eigenvalue weighted by atomic mass is 10.4. The van der Waals surface area contributed by atoms with E-state index in [1.165, 1.54) is 0 Å². The summed E-state index contributed by atoms with van der Waals surface area (Å²) in [5, 5.41) is 2.44. The van der Waals surface area contributed by atoms with Crippen molar-refractivity contribution < 1.29 is 9.53 Å². The molecule has 0 fully saturated rings. The van der Waals surface area contributed by atoms with Crippen molar-refractivity contribution in [2.24, 2.45) is 0 Å². The molecule has 0 unspecified atom stereocenters. The zero-order chi connectivity index (χ0) is 7.66. The van der Waals surface area contributed by atoms with Crippen molar-refractivity contribution in [3.63, 3.8) is 0 Å². The fraction of sp³-hybridized carbons (Fsp3) is 0.857. The van der Waals surface area contributed by atoms with Crippen LogP contribution in [0, 0.1) is 0 Å². The third-order valence-corrected chi connectivity index (χ3v) is 1.01. The van der Waals surface area contributed by atoms with Gasteiger partial charge in [-0.2, -0.15) is 0 Å². The van der Waals surface area contributed by atoms with Crippen LogP contribution < -0.4 is 5.32 Å². The van der Waals surface area contributed by atoms with Gasteiger partial charge in [0.1, 0.15) is 0 Å². The largest absolute Gasteiger partial charge is 0.381 e. The van der Waals surface area contributed by atoms with Gasteiger partial charge in [-0.25, -0.2) is 0 Å². The molecule has 0 aliphatic carbocycles. The van der Waals surface area contributed by atoms with E-state index in [1.807, 2.05) is 0 Å². The number of rotatable bonds is 7. The van der Waals surface area contributed by atoms with Crippen LogP contribution in [0.15, 0.2) is 0 Å². The predicted molar refractivity (Wildman–Crippen MR) is 39.4 cm³/mol. The number of hydrogen-bond acceptors (Lipinski definition) is 2. The van der Waals surface area contributed by atoms with Gasteiger partial charge in [-0.1, -0.05) is 6.92 Å². The lowest BCUT2D eigenvalue weighted by Gasteiger charge is -1.99. The maximum absolute atomic E-state index is 9.62. The van der Waals surface area contributed by atoms with E-state index in [1.54, 1.807) is 6.41 Å². The number of hydrogen-bond donors (Lipinski definition) is 1. The van der Waals surface area contributed by atoms with Crippen molar-refractivity contribution in [2.75, 3.05) is 19.8 Å². The average molecular weight is 144 g/mol. The van der Waals surface area contributed by atoms with E-state index < -0.39 is 0 Å². The second-order valence-corrected chi connectivity index (χ2v) is 1.99. The van der Waals surface area contributed by atoms with Gasteiger partial charge in [0.2, 0.25) is 0 Å². The van der Waals surface area contributed by atoms with Crippen LogP contribution in [0.4, 0.5) is 0 Å². The van der Waals surface area contributed by atoms with Gasteiger partial charge in [-0.15, -0.1) is 0 Å². The van der Waals surface area contributed by atoms with E-state index in [9.17, 15) is 4.79 Å². The second kappa shape index (κ2) is 8.43. The van der Waals surface area contributed by atoms with Crippen LogP contribution in [0.25, 0.3) is 0 Å². The highest BCUT2D eigenvalue weighted by atomic mass is 16.5. The molecular weight excluding hydrogens is 130 g/mol. The van der Waals surface area contributed by atoms with Crippen molar-refractivity contribution >= 4 is 6.41 Å². The molecular formula is C7H14NO2. The molecule has 1 N–H and O–H groups in total. The van der Waals surface area contributed by atoms with E-state index in [-0.39, 0.29) is 0 Å². The molecule has 59 valence electrons. The maximum Gasteiger partial charge on any atom is 0.309 e. The third-order valence-electron chi connectivity index (χ3n) is 1.01. The Kier molecular flexibility index (Phi) is 7.95. The topological polar surface area (TPSA) is 38.3 Å². The second-order valence-electron chi connectivity index (χ2n) is 1.99. The van der Waals surface area contributed by atoms with Gasteiger partial charge < -0.3 is 10.1 Å². The molecule has 0 aromatic carbocycles. The monoisotopic (exact) mass is 144 g/mol. The summed E-state index contributed by atoms with van der Waals surface area (Å²) >= 11 is 0. The van der Waals surface area contributed by atoms with Crippen molar-refractivity contribution in [3.8, 4) is 0 Å². The van der Waals surface area contributed by atoms with Crippen LogP contribution >= 0.6 is 0 Å². The van der Waals surface area contributed by atoms with Crippen molar-refractivity contribution in [1.29, 1.82) is 0 Å². The Hall–Kier alpha value is -0.570. The Morgan fingerprint density at radius 3 is 2.90 bits per heavy atom. The molecule has 10 heavy (non-hydrogen) atoms. The van der Waals surface area contributed by atoms with Crippen molar-refractivity contribution in [2.45, 2.75) is 19.8 Å². The predicted octanol–water partition coefficient (Wildman–Crippen LogP) is 0.460. The van der Waals surface area contributed by atoms with Gasteiger partial charge in [0.05, 0.1) is 0 Å². The smallest absolute Gasteiger partial charge is 0.309 e. The summed E-state index contributed by atoms with van der Waals surface area (Å²) in [6.45, 7) is 4.26. The summed E-state index contributed by atoms with van der Waals surface area (Å²) in [6.07, 6.45) is 3.52. The third kappa shape index (κ3) is 7.43. The molecule has 0 rings (SSSR count). The highest BCUT2D eigenvalue weighted by molar-refractivity contribution is 5.46. The summed E-state index contributed by atoms with van der Waals surface area (Å²) < 4.78 is 5.16. The Bertz CT molecular complexity index is 76.0. The summed E-state index contributed by atoms with van der Waals surface area (Å²) in [6, 6.07) is 0. The molecule has 0 bridgehead atoms. The average Bonchev–Trinajstić information content (AvgIpc) is 1.97. The molecule has 0 aromatic rings. The molecule has 0 atom stereocenters. The van der Waals surface area contributed by atoms with Crippen LogP contribution in [0.2, 0.25) is 0 Å². The zero-order valence-electron chi connectivity index (χ0n) is 6.35. The first-order valence-electron chi connectivity index (χ1n) is 3.59. The first-order chi connectivity index (χ1) is 4.91. The Balaban J connectivity index is 2.70. The van der Waals surface area contributed by atoms with Crippen LogP contribution in [-0.2, 0) is 9.53 Å². The minimum absolute atomic E-state index is 0.660. The first-order valence-corrected chi connectivity index (χ1v) is 3.59. The van der Waals surface area contributed by atoms with Crippen LogP contribution in [0.1, 0.15) is 19.8 Å². The minimum Gasteiger partial charge on any atom is -0.381 e. The number of ether oxygens (including phenoxy) is 1. The van der Waals surface area contributed by atoms with Gasteiger partial charge in [0.25, 0.3) is 0 Å². The molecule has 0 aliphatic heterocycles. The number of amides is 1. The number of carbonyl (C=O) groups excluding carboxylic acids is 1. The Morgan fingerprint density at radius 1 is 1.50 bits per heavy atom. The van der Waals surface area contributed by atoms with E-state index in [0.29, 0.717) is 6.54 Å². The van der Waals surface area contributed by atoms with Gasteiger partial charge in [0, 0.05) is 19.8 Å². The van der Waals surface area contributed by atoms with Crippen LogP contribution in [-0.4, -0.2) is 26.2 Å². The van der Waals surface area contributed by atoms with E-state index >= 15 is 0 Å². The van der Waals surface area contributed by atoms with Gasteiger partial charge in [-0.3, -0.25) is 4.79 Å². The molecule has 0 saturated carbocycles. The van der Waals surface area contributed by atoms with Crippen molar-refractivity contribution in [3.05, 3.63) is 0 Å². The lowest BCUT2D eigenvalue weighted by Crippen LogP contribution is -2.14. The quantitative estimate of drug-likeness (QED) is 0.416. The highest BCUT2D eigenvalue weighted by Crippen LogP contribution is 1.82. The van der Waals surface area contributed by atoms with Gasteiger partial charge >= 0.3 is 6.41 Å². The number of nitrogens with one attached hydrogen (secondary N) is 1. The van der Waals surface area contributed by atoms with Crippen LogP contribution in [0.5, 0.6) is 0 Å². The Labute approximate surface area is 61.8 Å². The van der Waals surface area contributed by atoms with Crippen LogP contribution in [0.3, 0.4) is 0 Å². The first kappa shape index (κ1) is 9.43. The van der Waals surface area contributed by atoms with E-state index in [2.05, 4.69) is 12.2 Å². The van der Waals surface area contributed by atoms with Crippen molar-refractivity contribution in [1.82, 2.24) is 5.32 Å². The fourth-order valence-electron chi connectivity index (χ4n) is 0.560.